The largest absolute Gasteiger partial charge is 0.493 e. The molecule has 0 aliphatic rings. The second-order valence-corrected chi connectivity index (χ2v) is 10.4. The molecule has 0 atom stereocenters. The highest BCUT2D eigenvalue weighted by Crippen LogP contribution is 2.27. The molecule has 0 spiro atoms. The van der Waals surface area contributed by atoms with E-state index in [-0.39, 0.29) is 17.3 Å². The number of methoxy groups -OCH3 is 1. The van der Waals surface area contributed by atoms with E-state index >= 15 is 0 Å². The second kappa shape index (κ2) is 14.1. The van der Waals surface area contributed by atoms with Crippen LogP contribution in [0, 0.1) is 0 Å². The summed E-state index contributed by atoms with van der Waals surface area (Å²) in [5.41, 5.74) is 4.45. The van der Waals surface area contributed by atoms with Crippen LogP contribution in [-0.4, -0.2) is 57.6 Å². The standard InChI is InChI=1S/C28H32N4O6S/c1-4-38-26-15-10-23(18-27(26)37-3)19-29-31-28(34)20-32(17-16-22-8-6-5-7-9-22)39(35,36)25-13-11-24(12-14-25)30-21(2)33/h5-15,18-19H,4,16-17,20H2,1-3H3,(H,30,33)(H,31,34)/b29-19-. The van der Waals surface area contributed by atoms with Gasteiger partial charge in [-0.25, -0.2) is 13.8 Å². The maximum absolute atomic E-state index is 13.5. The molecule has 0 aliphatic carbocycles. The molecule has 0 unspecified atom stereocenters. The predicted octanol–water partition coefficient (Wildman–Crippen LogP) is 3.44. The van der Waals surface area contributed by atoms with Gasteiger partial charge in [-0.05, 0) is 66.9 Å². The maximum atomic E-state index is 13.5. The van der Waals surface area contributed by atoms with Crippen molar-refractivity contribution >= 4 is 33.7 Å². The van der Waals surface area contributed by atoms with E-state index in [0.717, 1.165) is 9.87 Å². The second-order valence-electron chi connectivity index (χ2n) is 8.42. The summed E-state index contributed by atoms with van der Waals surface area (Å²) >= 11 is 0. The summed E-state index contributed by atoms with van der Waals surface area (Å²) in [6.45, 7) is 3.36. The van der Waals surface area contributed by atoms with E-state index in [1.165, 1.54) is 44.5 Å². The fourth-order valence-corrected chi connectivity index (χ4v) is 5.06. The quantitative estimate of drug-likeness (QED) is 0.247. The van der Waals surface area contributed by atoms with Gasteiger partial charge >= 0.3 is 0 Å². The molecular weight excluding hydrogens is 520 g/mol. The smallest absolute Gasteiger partial charge is 0.255 e. The molecule has 0 fully saturated rings. The Labute approximate surface area is 228 Å². The van der Waals surface area contributed by atoms with Gasteiger partial charge in [0.1, 0.15) is 0 Å². The molecule has 3 aromatic carbocycles. The van der Waals surface area contributed by atoms with Gasteiger partial charge in [0.2, 0.25) is 15.9 Å². The molecule has 0 radical (unpaired) electrons. The number of hydrogen-bond acceptors (Lipinski definition) is 7. The number of hydrazone groups is 1. The highest BCUT2D eigenvalue weighted by atomic mass is 32.2. The van der Waals surface area contributed by atoms with Crippen LogP contribution < -0.4 is 20.2 Å². The molecular formula is C28H32N4O6S. The van der Waals surface area contributed by atoms with Gasteiger partial charge in [-0.15, -0.1) is 0 Å². The van der Waals surface area contributed by atoms with Crippen LogP contribution in [0.25, 0.3) is 0 Å². The van der Waals surface area contributed by atoms with E-state index < -0.39 is 22.5 Å². The Morgan fingerprint density at radius 2 is 1.72 bits per heavy atom. The first kappa shape index (κ1) is 29.3. The Bertz CT molecular complexity index is 1390. The third kappa shape index (κ3) is 8.66. The lowest BCUT2D eigenvalue weighted by molar-refractivity contribution is -0.121. The zero-order valence-corrected chi connectivity index (χ0v) is 22.9. The van der Waals surface area contributed by atoms with Crippen LogP contribution >= 0.6 is 0 Å². The van der Waals surface area contributed by atoms with Crippen molar-refractivity contribution in [2.75, 3.05) is 32.1 Å². The van der Waals surface area contributed by atoms with Crippen LogP contribution in [0.4, 0.5) is 5.69 Å². The van der Waals surface area contributed by atoms with Gasteiger partial charge in [0, 0.05) is 19.2 Å². The van der Waals surface area contributed by atoms with Gasteiger partial charge < -0.3 is 14.8 Å². The lowest BCUT2D eigenvalue weighted by Gasteiger charge is -2.21. The van der Waals surface area contributed by atoms with Gasteiger partial charge in [0.25, 0.3) is 5.91 Å². The van der Waals surface area contributed by atoms with Crippen LogP contribution in [0.5, 0.6) is 11.5 Å². The van der Waals surface area contributed by atoms with Gasteiger partial charge in [0.15, 0.2) is 11.5 Å². The Morgan fingerprint density at radius 1 is 1.00 bits per heavy atom. The van der Waals surface area contributed by atoms with Crippen LogP contribution in [0.15, 0.2) is 82.8 Å². The van der Waals surface area contributed by atoms with Gasteiger partial charge in [-0.2, -0.15) is 9.41 Å². The zero-order chi connectivity index (χ0) is 28.3. The SMILES string of the molecule is CCOc1ccc(/C=N\NC(=O)CN(CCc2ccccc2)S(=O)(=O)c2ccc(NC(C)=O)cc2)cc1OC. The van der Waals surface area contributed by atoms with Crippen molar-refractivity contribution in [3.63, 3.8) is 0 Å². The molecule has 3 rings (SSSR count). The zero-order valence-electron chi connectivity index (χ0n) is 22.1. The average Bonchev–Trinajstić information content (AvgIpc) is 2.92. The van der Waals surface area contributed by atoms with Crippen molar-refractivity contribution < 1.29 is 27.5 Å². The van der Waals surface area contributed by atoms with Crippen LogP contribution in [0.1, 0.15) is 25.0 Å². The number of nitrogens with one attached hydrogen (secondary N) is 2. The molecule has 0 bridgehead atoms. The Hall–Kier alpha value is -4.22. The fraction of sp³-hybridized carbons (Fsp3) is 0.250. The third-order valence-corrected chi connectivity index (χ3v) is 7.37. The van der Waals surface area contributed by atoms with Crippen molar-refractivity contribution in [2.45, 2.75) is 25.2 Å². The summed E-state index contributed by atoms with van der Waals surface area (Å²) in [6, 6.07) is 20.4. The molecule has 10 nitrogen and oxygen atoms in total. The topological polar surface area (TPSA) is 126 Å². The lowest BCUT2D eigenvalue weighted by Crippen LogP contribution is -2.40. The molecule has 0 aromatic heterocycles. The normalized spacial score (nSPS) is 11.4. The lowest BCUT2D eigenvalue weighted by atomic mass is 10.1. The van der Waals surface area contributed by atoms with Crippen molar-refractivity contribution in [3.05, 3.63) is 83.9 Å². The summed E-state index contributed by atoms with van der Waals surface area (Å²) in [4.78, 5) is 24.0. The van der Waals surface area contributed by atoms with E-state index in [4.69, 9.17) is 9.47 Å². The maximum Gasteiger partial charge on any atom is 0.255 e. The molecule has 0 saturated heterocycles. The van der Waals surface area contributed by atoms with E-state index in [1.807, 2.05) is 37.3 Å². The number of ether oxygens (including phenoxy) is 2. The third-order valence-electron chi connectivity index (χ3n) is 5.52. The van der Waals surface area contributed by atoms with Gasteiger partial charge in [0.05, 0.1) is 31.4 Å². The number of carbonyl (C=O) groups excluding carboxylic acids is 2. The first-order chi connectivity index (χ1) is 18.7. The highest BCUT2D eigenvalue weighted by Gasteiger charge is 2.26. The van der Waals surface area contributed by atoms with E-state index in [0.29, 0.717) is 35.8 Å². The van der Waals surface area contributed by atoms with Crippen LogP contribution in [0.2, 0.25) is 0 Å². The fourth-order valence-electron chi connectivity index (χ4n) is 3.66. The molecule has 0 heterocycles. The number of nitrogens with zero attached hydrogens (tertiary/aromatic N) is 2. The molecule has 2 amide bonds. The summed E-state index contributed by atoms with van der Waals surface area (Å²) < 4.78 is 38.9. The summed E-state index contributed by atoms with van der Waals surface area (Å²) in [7, 11) is -2.50. The Kier molecular flexibility index (Phi) is 10.6. The van der Waals surface area contributed by atoms with Crippen LogP contribution in [0.3, 0.4) is 0 Å². The van der Waals surface area contributed by atoms with Gasteiger partial charge in [-0.1, -0.05) is 30.3 Å². The van der Waals surface area contributed by atoms with Crippen molar-refractivity contribution in [1.29, 1.82) is 0 Å². The van der Waals surface area contributed by atoms with Crippen molar-refractivity contribution in [2.24, 2.45) is 5.10 Å². The Morgan fingerprint density at radius 3 is 2.36 bits per heavy atom. The van der Waals surface area contributed by atoms with E-state index in [9.17, 15) is 18.0 Å². The summed E-state index contributed by atoms with van der Waals surface area (Å²) in [5, 5.41) is 6.58. The van der Waals surface area contributed by atoms with Gasteiger partial charge in [-0.3, -0.25) is 9.59 Å². The monoisotopic (exact) mass is 552 g/mol. The van der Waals surface area contributed by atoms with Crippen molar-refractivity contribution in [1.82, 2.24) is 9.73 Å². The first-order valence-electron chi connectivity index (χ1n) is 12.3. The summed E-state index contributed by atoms with van der Waals surface area (Å²) in [6.07, 6.45) is 1.84. The minimum absolute atomic E-state index is 0.00227. The number of amides is 2. The minimum atomic E-state index is -4.03. The van der Waals surface area contributed by atoms with Crippen LogP contribution in [-0.2, 0) is 26.0 Å². The molecule has 2 N–H and O–H groups in total. The molecule has 0 aliphatic heterocycles. The molecule has 39 heavy (non-hydrogen) atoms. The highest BCUT2D eigenvalue weighted by molar-refractivity contribution is 7.89. The molecule has 3 aromatic rings. The number of hydrogen-bond donors (Lipinski definition) is 2. The minimum Gasteiger partial charge on any atom is -0.493 e. The molecule has 0 saturated carbocycles. The average molecular weight is 553 g/mol. The van der Waals surface area contributed by atoms with E-state index in [2.05, 4.69) is 15.8 Å². The Balaban J connectivity index is 1.74. The molecule has 206 valence electrons. The summed E-state index contributed by atoms with van der Waals surface area (Å²) in [5.74, 6) is 0.243. The molecule has 11 heteroatoms. The number of benzene rings is 3. The number of rotatable bonds is 13. The predicted molar refractivity (Wildman–Crippen MR) is 150 cm³/mol. The first-order valence-corrected chi connectivity index (χ1v) is 13.7. The van der Waals surface area contributed by atoms with Crippen molar-refractivity contribution in [3.8, 4) is 11.5 Å². The number of carbonyl (C=O) groups is 2. The number of anilines is 1. The van der Waals surface area contributed by atoms with E-state index in [1.54, 1.807) is 18.2 Å². The number of sulfonamides is 1.